The molecule has 0 amide bonds. The molecule has 0 radical (unpaired) electrons. The van der Waals surface area contributed by atoms with Gasteiger partial charge in [-0.1, -0.05) is 42.8 Å². The van der Waals surface area contributed by atoms with Gasteiger partial charge in [0.2, 0.25) is 11.8 Å². The number of para-hydroxylation sites is 1. The van der Waals surface area contributed by atoms with Gasteiger partial charge in [-0.05, 0) is 37.1 Å². The van der Waals surface area contributed by atoms with E-state index in [9.17, 15) is 0 Å². The Morgan fingerprint density at radius 3 is 2.73 bits per heavy atom. The smallest absolute Gasteiger partial charge is 0.247 e. The van der Waals surface area contributed by atoms with Crippen molar-refractivity contribution in [3.05, 3.63) is 65.5 Å². The maximum Gasteiger partial charge on any atom is 0.247 e. The number of hydrogen-bond acceptors (Lipinski definition) is 4. The van der Waals surface area contributed by atoms with Crippen molar-refractivity contribution in [1.82, 2.24) is 10.2 Å². The summed E-state index contributed by atoms with van der Waals surface area (Å²) in [7, 11) is 0. The molecule has 22 heavy (non-hydrogen) atoms. The van der Waals surface area contributed by atoms with Crippen LogP contribution in [0.4, 0.5) is 5.69 Å². The zero-order chi connectivity index (χ0) is 15.4. The Kier molecular flexibility index (Phi) is 4.19. The van der Waals surface area contributed by atoms with Crippen LogP contribution >= 0.6 is 0 Å². The Bertz CT molecular complexity index is 764. The van der Waals surface area contributed by atoms with E-state index in [-0.39, 0.29) is 0 Å². The molecule has 4 heteroatoms. The molecule has 0 atom stereocenters. The number of nitrogens with zero attached hydrogens (tertiary/aromatic N) is 2. The highest BCUT2D eigenvalue weighted by atomic mass is 16.4. The largest absolute Gasteiger partial charge is 0.419 e. The van der Waals surface area contributed by atoms with E-state index in [0.29, 0.717) is 18.3 Å². The molecule has 1 heterocycles. The topological polar surface area (TPSA) is 51.0 Å². The van der Waals surface area contributed by atoms with Gasteiger partial charge in [0.25, 0.3) is 0 Å². The number of benzene rings is 2. The maximum absolute atomic E-state index is 5.74. The van der Waals surface area contributed by atoms with E-state index in [4.69, 9.17) is 4.42 Å². The zero-order valence-corrected chi connectivity index (χ0v) is 12.8. The van der Waals surface area contributed by atoms with Gasteiger partial charge in [-0.15, -0.1) is 10.2 Å². The standard InChI is InChI=1S/C18H19N3O/c1-3-14-8-4-5-10-16(14)19-12-17-20-21-18(22-17)15-9-6-7-13(2)11-15/h4-11,19H,3,12H2,1-2H3. The summed E-state index contributed by atoms with van der Waals surface area (Å²) < 4.78 is 5.74. The van der Waals surface area contributed by atoms with Crippen molar-refractivity contribution in [3.63, 3.8) is 0 Å². The lowest BCUT2D eigenvalue weighted by molar-refractivity contribution is 0.515. The fourth-order valence-corrected chi connectivity index (χ4v) is 2.39. The molecule has 2 aromatic carbocycles. The van der Waals surface area contributed by atoms with E-state index in [0.717, 1.165) is 17.7 Å². The zero-order valence-electron chi connectivity index (χ0n) is 12.8. The van der Waals surface area contributed by atoms with Crippen LogP contribution in [0.3, 0.4) is 0 Å². The molecule has 0 aliphatic carbocycles. The van der Waals surface area contributed by atoms with E-state index in [1.807, 2.05) is 43.3 Å². The first-order valence-corrected chi connectivity index (χ1v) is 7.47. The SMILES string of the molecule is CCc1ccccc1NCc1nnc(-c2cccc(C)c2)o1. The predicted molar refractivity (Wildman–Crippen MR) is 87.6 cm³/mol. The third-order valence-corrected chi connectivity index (χ3v) is 3.56. The molecule has 0 spiro atoms. The van der Waals surface area contributed by atoms with Gasteiger partial charge in [0, 0.05) is 11.3 Å². The molecule has 4 nitrogen and oxygen atoms in total. The van der Waals surface area contributed by atoms with Gasteiger partial charge in [0.05, 0.1) is 6.54 Å². The highest BCUT2D eigenvalue weighted by molar-refractivity contribution is 5.54. The third kappa shape index (κ3) is 3.17. The summed E-state index contributed by atoms with van der Waals surface area (Å²) >= 11 is 0. The third-order valence-electron chi connectivity index (χ3n) is 3.56. The predicted octanol–water partition coefficient (Wildman–Crippen LogP) is 4.22. The fourth-order valence-electron chi connectivity index (χ4n) is 2.39. The quantitative estimate of drug-likeness (QED) is 0.765. The Balaban J connectivity index is 1.72. The van der Waals surface area contributed by atoms with Crippen LogP contribution in [0.1, 0.15) is 23.9 Å². The highest BCUT2D eigenvalue weighted by Gasteiger charge is 2.09. The molecule has 0 saturated carbocycles. The lowest BCUT2D eigenvalue weighted by Crippen LogP contribution is -2.02. The number of hydrogen-bond donors (Lipinski definition) is 1. The Labute approximate surface area is 130 Å². The monoisotopic (exact) mass is 293 g/mol. The molecule has 0 aliphatic rings. The summed E-state index contributed by atoms with van der Waals surface area (Å²) in [6, 6.07) is 16.3. The molecule has 3 rings (SSSR count). The second-order valence-electron chi connectivity index (χ2n) is 5.23. The summed E-state index contributed by atoms with van der Waals surface area (Å²) in [6.07, 6.45) is 0.988. The molecule has 0 unspecified atom stereocenters. The minimum atomic E-state index is 0.524. The highest BCUT2D eigenvalue weighted by Crippen LogP contribution is 2.20. The average Bonchev–Trinajstić information content (AvgIpc) is 3.02. The van der Waals surface area contributed by atoms with E-state index < -0.39 is 0 Å². The molecular weight excluding hydrogens is 274 g/mol. The molecule has 1 aromatic heterocycles. The van der Waals surface area contributed by atoms with Crippen molar-refractivity contribution in [3.8, 4) is 11.5 Å². The van der Waals surface area contributed by atoms with Gasteiger partial charge >= 0.3 is 0 Å². The van der Waals surface area contributed by atoms with Gasteiger partial charge in [-0.2, -0.15) is 0 Å². The Morgan fingerprint density at radius 1 is 1.05 bits per heavy atom. The number of anilines is 1. The van der Waals surface area contributed by atoms with E-state index in [1.165, 1.54) is 11.1 Å². The fraction of sp³-hybridized carbons (Fsp3) is 0.222. The molecule has 112 valence electrons. The minimum absolute atomic E-state index is 0.524. The normalized spacial score (nSPS) is 10.6. The minimum Gasteiger partial charge on any atom is -0.419 e. The molecule has 3 aromatic rings. The van der Waals surface area contributed by atoms with Gasteiger partial charge in [-0.3, -0.25) is 0 Å². The number of nitrogens with one attached hydrogen (secondary N) is 1. The molecule has 0 bridgehead atoms. The van der Waals surface area contributed by atoms with Crippen molar-refractivity contribution < 1.29 is 4.42 Å². The van der Waals surface area contributed by atoms with Gasteiger partial charge in [0.1, 0.15) is 0 Å². The number of aromatic nitrogens is 2. The van der Waals surface area contributed by atoms with Crippen LogP contribution in [0.2, 0.25) is 0 Å². The van der Waals surface area contributed by atoms with Gasteiger partial charge in [0.15, 0.2) is 0 Å². The Hall–Kier alpha value is -2.62. The van der Waals surface area contributed by atoms with Crippen LogP contribution < -0.4 is 5.32 Å². The first-order valence-electron chi connectivity index (χ1n) is 7.47. The van der Waals surface area contributed by atoms with E-state index >= 15 is 0 Å². The number of rotatable bonds is 5. The summed E-state index contributed by atoms with van der Waals surface area (Å²) in [5, 5.41) is 11.6. The van der Waals surface area contributed by atoms with Crippen LogP contribution in [0, 0.1) is 6.92 Å². The molecule has 0 fully saturated rings. The van der Waals surface area contributed by atoms with Crippen LogP contribution in [-0.2, 0) is 13.0 Å². The lowest BCUT2D eigenvalue weighted by atomic mass is 10.1. The number of aryl methyl sites for hydroxylation is 2. The molecule has 1 N–H and O–H groups in total. The average molecular weight is 293 g/mol. The second-order valence-corrected chi connectivity index (χ2v) is 5.23. The van der Waals surface area contributed by atoms with Crippen LogP contribution in [0.5, 0.6) is 0 Å². The summed E-state index contributed by atoms with van der Waals surface area (Å²) in [6.45, 7) is 4.71. The van der Waals surface area contributed by atoms with Crippen molar-refractivity contribution >= 4 is 5.69 Å². The van der Waals surface area contributed by atoms with Crippen LogP contribution in [0.15, 0.2) is 52.9 Å². The van der Waals surface area contributed by atoms with Gasteiger partial charge < -0.3 is 9.73 Å². The van der Waals surface area contributed by atoms with Gasteiger partial charge in [-0.25, -0.2) is 0 Å². The lowest BCUT2D eigenvalue weighted by Gasteiger charge is -2.08. The van der Waals surface area contributed by atoms with Crippen molar-refractivity contribution in [2.24, 2.45) is 0 Å². The summed E-state index contributed by atoms with van der Waals surface area (Å²) in [4.78, 5) is 0. The van der Waals surface area contributed by atoms with Crippen molar-refractivity contribution in [2.75, 3.05) is 5.32 Å². The maximum atomic E-state index is 5.74. The first-order chi connectivity index (χ1) is 10.8. The molecule has 0 saturated heterocycles. The second kappa shape index (κ2) is 6.43. The molecule has 0 aliphatic heterocycles. The van der Waals surface area contributed by atoms with E-state index in [2.05, 4.69) is 34.6 Å². The summed E-state index contributed by atoms with van der Waals surface area (Å²) in [5.41, 5.74) is 4.51. The Morgan fingerprint density at radius 2 is 1.91 bits per heavy atom. The molecular formula is C18H19N3O. The van der Waals surface area contributed by atoms with Crippen molar-refractivity contribution in [2.45, 2.75) is 26.8 Å². The van der Waals surface area contributed by atoms with E-state index in [1.54, 1.807) is 0 Å². The first kappa shape index (κ1) is 14.3. The summed E-state index contributed by atoms with van der Waals surface area (Å²) in [5.74, 6) is 1.15. The van der Waals surface area contributed by atoms with Crippen LogP contribution in [-0.4, -0.2) is 10.2 Å². The van der Waals surface area contributed by atoms with Crippen molar-refractivity contribution in [1.29, 1.82) is 0 Å². The van der Waals surface area contributed by atoms with Crippen LogP contribution in [0.25, 0.3) is 11.5 Å².